The Kier molecular flexibility index (Phi) is 5.73. The quantitative estimate of drug-likeness (QED) is 0.655. The van der Waals surface area contributed by atoms with E-state index in [4.69, 9.17) is 0 Å². The highest BCUT2D eigenvalue weighted by Crippen LogP contribution is 2.12. The van der Waals surface area contributed by atoms with Gasteiger partial charge in [0.1, 0.15) is 5.82 Å². The third-order valence-corrected chi connectivity index (χ3v) is 3.78. The van der Waals surface area contributed by atoms with Crippen molar-refractivity contribution in [2.75, 3.05) is 17.7 Å². The van der Waals surface area contributed by atoms with Crippen LogP contribution in [0.15, 0.2) is 66.7 Å². The average molecular weight is 362 g/mol. The smallest absolute Gasteiger partial charge is 0.337 e. The normalized spacial score (nSPS) is 10.1. The molecule has 1 aromatic heterocycles. The lowest BCUT2D eigenvalue weighted by atomic mass is 10.2. The lowest BCUT2D eigenvalue weighted by Crippen LogP contribution is -2.15. The van der Waals surface area contributed by atoms with E-state index in [-0.39, 0.29) is 11.6 Å². The van der Waals surface area contributed by atoms with Gasteiger partial charge in [-0.3, -0.25) is 4.79 Å². The van der Waals surface area contributed by atoms with Crippen molar-refractivity contribution in [2.45, 2.75) is 6.54 Å². The SMILES string of the molecule is COC(=O)c1ccc(NC(=O)c2ccc(NCc3ccccc3)nn2)cc1. The van der Waals surface area contributed by atoms with Crippen molar-refractivity contribution in [3.8, 4) is 0 Å². The second-order valence-corrected chi connectivity index (χ2v) is 5.67. The van der Waals surface area contributed by atoms with Gasteiger partial charge in [-0.2, -0.15) is 0 Å². The lowest BCUT2D eigenvalue weighted by molar-refractivity contribution is 0.0600. The molecular weight excluding hydrogens is 344 g/mol. The molecule has 0 aliphatic heterocycles. The van der Waals surface area contributed by atoms with Crippen molar-refractivity contribution < 1.29 is 14.3 Å². The fraction of sp³-hybridized carbons (Fsp3) is 0.100. The second kappa shape index (κ2) is 8.57. The third kappa shape index (κ3) is 4.88. The molecule has 0 aliphatic carbocycles. The molecule has 0 fully saturated rings. The van der Waals surface area contributed by atoms with Crippen molar-refractivity contribution in [3.63, 3.8) is 0 Å². The number of ether oxygens (including phenoxy) is 1. The fourth-order valence-electron chi connectivity index (χ4n) is 2.34. The molecule has 1 amide bonds. The minimum absolute atomic E-state index is 0.192. The maximum absolute atomic E-state index is 12.3. The minimum Gasteiger partial charge on any atom is -0.465 e. The Morgan fingerprint density at radius 1 is 0.926 bits per heavy atom. The number of carbonyl (C=O) groups excluding carboxylic acids is 2. The Labute approximate surface area is 156 Å². The van der Waals surface area contributed by atoms with Crippen LogP contribution in [-0.4, -0.2) is 29.2 Å². The van der Waals surface area contributed by atoms with Gasteiger partial charge in [0, 0.05) is 12.2 Å². The summed E-state index contributed by atoms with van der Waals surface area (Å²) in [6.45, 7) is 0.619. The molecule has 0 unspecified atom stereocenters. The summed E-state index contributed by atoms with van der Waals surface area (Å²) in [6, 6.07) is 19.6. The molecule has 3 aromatic rings. The minimum atomic E-state index is -0.433. The van der Waals surface area contributed by atoms with Gasteiger partial charge in [0.15, 0.2) is 5.69 Å². The molecule has 0 radical (unpaired) electrons. The van der Waals surface area contributed by atoms with Crippen LogP contribution in [0.5, 0.6) is 0 Å². The van der Waals surface area contributed by atoms with E-state index in [0.717, 1.165) is 5.56 Å². The number of rotatable bonds is 6. The summed E-state index contributed by atoms with van der Waals surface area (Å²) in [6.07, 6.45) is 0. The average Bonchev–Trinajstić information content (AvgIpc) is 2.73. The van der Waals surface area contributed by atoms with Crippen LogP contribution >= 0.6 is 0 Å². The van der Waals surface area contributed by atoms with E-state index >= 15 is 0 Å². The highest BCUT2D eigenvalue weighted by atomic mass is 16.5. The van der Waals surface area contributed by atoms with E-state index in [1.165, 1.54) is 7.11 Å². The molecule has 0 saturated carbocycles. The number of carbonyl (C=O) groups is 2. The summed E-state index contributed by atoms with van der Waals surface area (Å²) in [7, 11) is 1.31. The Hall–Kier alpha value is -3.74. The molecule has 0 spiro atoms. The monoisotopic (exact) mass is 362 g/mol. The Morgan fingerprint density at radius 2 is 1.67 bits per heavy atom. The number of benzene rings is 2. The lowest BCUT2D eigenvalue weighted by Gasteiger charge is -2.07. The van der Waals surface area contributed by atoms with Crippen molar-refractivity contribution in [2.24, 2.45) is 0 Å². The van der Waals surface area contributed by atoms with Gasteiger partial charge in [-0.15, -0.1) is 10.2 Å². The number of methoxy groups -OCH3 is 1. The van der Waals surface area contributed by atoms with Crippen molar-refractivity contribution in [1.82, 2.24) is 10.2 Å². The molecule has 136 valence electrons. The topological polar surface area (TPSA) is 93.2 Å². The molecule has 0 saturated heterocycles. The van der Waals surface area contributed by atoms with Gasteiger partial charge in [0.25, 0.3) is 5.91 Å². The molecule has 1 heterocycles. The molecule has 7 nitrogen and oxygen atoms in total. The molecule has 0 aliphatic rings. The van der Waals surface area contributed by atoms with Crippen LogP contribution in [0.4, 0.5) is 11.5 Å². The maximum atomic E-state index is 12.3. The molecule has 3 rings (SSSR count). The molecule has 27 heavy (non-hydrogen) atoms. The van der Waals surface area contributed by atoms with E-state index < -0.39 is 5.97 Å². The summed E-state index contributed by atoms with van der Waals surface area (Å²) in [5, 5.41) is 13.8. The van der Waals surface area contributed by atoms with Crippen LogP contribution in [0.3, 0.4) is 0 Å². The van der Waals surface area contributed by atoms with Gasteiger partial charge >= 0.3 is 5.97 Å². The summed E-state index contributed by atoms with van der Waals surface area (Å²) in [4.78, 5) is 23.7. The molecular formula is C20H18N4O3. The first kappa shape index (κ1) is 18.1. The highest BCUT2D eigenvalue weighted by molar-refractivity contribution is 6.03. The zero-order chi connectivity index (χ0) is 19.1. The predicted octanol–water partition coefficient (Wildman–Crippen LogP) is 3.13. The zero-order valence-electron chi connectivity index (χ0n) is 14.7. The van der Waals surface area contributed by atoms with Gasteiger partial charge < -0.3 is 15.4 Å². The first-order valence-electron chi connectivity index (χ1n) is 8.27. The Balaban J connectivity index is 1.58. The number of aromatic nitrogens is 2. The Bertz CT molecular complexity index is 910. The summed E-state index contributed by atoms with van der Waals surface area (Å²) in [5.74, 6) is -0.238. The number of hydrogen-bond donors (Lipinski definition) is 2. The summed E-state index contributed by atoms with van der Waals surface area (Å²) < 4.78 is 4.64. The molecule has 0 atom stereocenters. The maximum Gasteiger partial charge on any atom is 0.337 e. The number of anilines is 2. The van der Waals surface area contributed by atoms with E-state index in [1.54, 1.807) is 36.4 Å². The van der Waals surface area contributed by atoms with Gasteiger partial charge in [-0.05, 0) is 42.0 Å². The van der Waals surface area contributed by atoms with Crippen LogP contribution in [0.25, 0.3) is 0 Å². The van der Waals surface area contributed by atoms with Crippen molar-refractivity contribution >= 4 is 23.4 Å². The van der Waals surface area contributed by atoms with Crippen LogP contribution < -0.4 is 10.6 Å². The van der Waals surface area contributed by atoms with Gasteiger partial charge in [0.2, 0.25) is 0 Å². The Morgan fingerprint density at radius 3 is 2.30 bits per heavy atom. The van der Waals surface area contributed by atoms with Crippen LogP contribution in [0.1, 0.15) is 26.4 Å². The van der Waals surface area contributed by atoms with Crippen LogP contribution in [0, 0.1) is 0 Å². The predicted molar refractivity (Wildman–Crippen MR) is 102 cm³/mol. The van der Waals surface area contributed by atoms with Gasteiger partial charge in [0.05, 0.1) is 12.7 Å². The van der Waals surface area contributed by atoms with E-state index in [2.05, 4.69) is 25.6 Å². The van der Waals surface area contributed by atoms with E-state index in [0.29, 0.717) is 23.6 Å². The first-order chi connectivity index (χ1) is 13.2. The number of hydrogen-bond acceptors (Lipinski definition) is 6. The highest BCUT2D eigenvalue weighted by Gasteiger charge is 2.10. The van der Waals surface area contributed by atoms with E-state index in [1.807, 2.05) is 30.3 Å². The van der Waals surface area contributed by atoms with Gasteiger partial charge in [-0.25, -0.2) is 4.79 Å². The van der Waals surface area contributed by atoms with Crippen molar-refractivity contribution in [1.29, 1.82) is 0 Å². The number of amides is 1. The molecule has 2 N–H and O–H groups in total. The van der Waals surface area contributed by atoms with Crippen molar-refractivity contribution in [3.05, 3.63) is 83.6 Å². The summed E-state index contributed by atoms with van der Waals surface area (Å²) in [5.41, 5.74) is 2.26. The van der Waals surface area contributed by atoms with Crippen LogP contribution in [0.2, 0.25) is 0 Å². The molecule has 7 heteroatoms. The molecule has 0 bridgehead atoms. The largest absolute Gasteiger partial charge is 0.465 e. The summed E-state index contributed by atoms with van der Waals surface area (Å²) >= 11 is 0. The zero-order valence-corrected chi connectivity index (χ0v) is 14.7. The molecule has 2 aromatic carbocycles. The number of nitrogens with one attached hydrogen (secondary N) is 2. The second-order valence-electron chi connectivity index (χ2n) is 5.67. The van der Waals surface area contributed by atoms with E-state index in [9.17, 15) is 9.59 Å². The first-order valence-corrected chi connectivity index (χ1v) is 8.27. The standard InChI is InChI=1S/C20H18N4O3/c1-27-20(26)15-7-9-16(10-8-15)22-19(25)17-11-12-18(24-23-17)21-13-14-5-3-2-4-6-14/h2-12H,13H2,1H3,(H,21,24)(H,22,25). The van der Waals surface area contributed by atoms with Gasteiger partial charge in [-0.1, -0.05) is 30.3 Å². The number of nitrogens with zero attached hydrogens (tertiary/aromatic N) is 2. The number of esters is 1. The van der Waals surface area contributed by atoms with Crippen LogP contribution in [-0.2, 0) is 11.3 Å². The fourth-order valence-corrected chi connectivity index (χ4v) is 2.34. The third-order valence-electron chi connectivity index (χ3n) is 3.78.